The molecule has 0 aliphatic carbocycles. The van der Waals surface area contributed by atoms with Crippen LogP contribution in [0.1, 0.15) is 27.7 Å². The average molecular weight is 416 g/mol. The molecule has 1 amide bonds. The third kappa shape index (κ3) is 3.22. The number of carbonyl (C=O) groups excluding carboxylic acids is 1. The highest BCUT2D eigenvalue weighted by Crippen LogP contribution is 2.36. The molecule has 2 bridgehead atoms. The second-order valence-electron chi connectivity index (χ2n) is 7.34. The van der Waals surface area contributed by atoms with Gasteiger partial charge in [-0.2, -0.15) is 0 Å². The van der Waals surface area contributed by atoms with Crippen LogP contribution in [0, 0.1) is 0 Å². The lowest BCUT2D eigenvalue weighted by Gasteiger charge is -2.43. The SMILES string of the molecule is O=C1c2c(O)c(=O)ccn2N2CN1C/C=C\COc1cnccc1[C@@H]2c1ccccc1. The molecule has 0 saturated carbocycles. The first kappa shape index (κ1) is 18.9. The standard InChI is InChI=1S/C23H20N4O4/c28-18-9-12-26-21(22(18)29)23(30)25-11-4-5-13-31-19-14-24-10-8-17(19)20(27(26)15-25)16-6-2-1-3-7-16/h1-10,12,14,20,29H,11,13,15H2/b5-4-/t20-/m0/s1. The van der Waals surface area contributed by atoms with Crippen LogP contribution < -0.4 is 15.2 Å². The van der Waals surface area contributed by atoms with E-state index in [-0.39, 0.29) is 18.4 Å². The summed E-state index contributed by atoms with van der Waals surface area (Å²) >= 11 is 0. The van der Waals surface area contributed by atoms with Crippen LogP contribution in [0.5, 0.6) is 11.5 Å². The van der Waals surface area contributed by atoms with E-state index in [9.17, 15) is 14.7 Å². The van der Waals surface area contributed by atoms with Gasteiger partial charge in [-0.1, -0.05) is 36.4 Å². The van der Waals surface area contributed by atoms with E-state index in [2.05, 4.69) is 4.98 Å². The largest absolute Gasteiger partial charge is 0.502 e. The quantitative estimate of drug-likeness (QED) is 0.611. The number of aromatic hydroxyl groups is 1. The Hall–Kier alpha value is -4.07. The van der Waals surface area contributed by atoms with E-state index in [0.29, 0.717) is 18.9 Å². The molecule has 1 N–H and O–H groups in total. The summed E-state index contributed by atoms with van der Waals surface area (Å²) in [6.07, 6.45) is 8.57. The lowest BCUT2D eigenvalue weighted by atomic mass is 9.98. The summed E-state index contributed by atoms with van der Waals surface area (Å²) in [6.45, 7) is 0.898. The molecule has 0 spiro atoms. The lowest BCUT2D eigenvalue weighted by molar-refractivity contribution is 0.0701. The normalized spacial score (nSPS) is 19.0. The van der Waals surface area contributed by atoms with Crippen LogP contribution in [-0.4, -0.2) is 45.4 Å². The van der Waals surface area contributed by atoms with Crippen molar-refractivity contribution in [3.8, 4) is 11.5 Å². The Kier molecular flexibility index (Phi) is 4.66. The molecule has 1 aromatic carbocycles. The summed E-state index contributed by atoms with van der Waals surface area (Å²) < 4.78 is 7.56. The van der Waals surface area contributed by atoms with E-state index in [1.165, 1.54) is 12.3 Å². The van der Waals surface area contributed by atoms with Crippen molar-refractivity contribution in [3.63, 3.8) is 0 Å². The minimum absolute atomic E-state index is 0.0520. The van der Waals surface area contributed by atoms with Gasteiger partial charge < -0.3 is 14.7 Å². The van der Waals surface area contributed by atoms with Gasteiger partial charge in [-0.15, -0.1) is 0 Å². The van der Waals surface area contributed by atoms with Crippen LogP contribution in [0.4, 0.5) is 0 Å². The molecule has 3 aromatic rings. The summed E-state index contributed by atoms with van der Waals surface area (Å²) in [5.74, 6) is -0.338. The molecule has 0 unspecified atom stereocenters. The Bertz CT molecular complexity index is 1220. The van der Waals surface area contributed by atoms with Gasteiger partial charge in [0.1, 0.15) is 25.1 Å². The highest BCUT2D eigenvalue weighted by Gasteiger charge is 2.37. The number of carbonyl (C=O) groups is 1. The van der Waals surface area contributed by atoms with Crippen molar-refractivity contribution >= 4 is 5.91 Å². The Labute approximate surface area is 178 Å². The Morgan fingerprint density at radius 2 is 1.90 bits per heavy atom. The number of pyridine rings is 2. The molecule has 2 aromatic heterocycles. The molecule has 5 rings (SSSR count). The summed E-state index contributed by atoms with van der Waals surface area (Å²) in [6, 6.07) is 12.6. The van der Waals surface area contributed by atoms with Gasteiger partial charge in [0.15, 0.2) is 11.4 Å². The number of hydrogen-bond acceptors (Lipinski definition) is 6. The fraction of sp³-hybridized carbons (Fsp3) is 0.174. The van der Waals surface area contributed by atoms with Crippen molar-refractivity contribution in [2.24, 2.45) is 0 Å². The fourth-order valence-corrected chi connectivity index (χ4v) is 4.03. The van der Waals surface area contributed by atoms with E-state index >= 15 is 0 Å². The molecule has 8 nitrogen and oxygen atoms in total. The first-order valence-corrected chi connectivity index (χ1v) is 9.92. The Morgan fingerprint density at radius 1 is 1.06 bits per heavy atom. The molecular weight excluding hydrogens is 396 g/mol. The smallest absolute Gasteiger partial charge is 0.278 e. The van der Waals surface area contributed by atoms with Crippen LogP contribution in [0.2, 0.25) is 0 Å². The minimum atomic E-state index is -0.592. The van der Waals surface area contributed by atoms with Crippen molar-refractivity contribution in [1.29, 1.82) is 0 Å². The van der Waals surface area contributed by atoms with Crippen LogP contribution in [0.25, 0.3) is 0 Å². The molecule has 0 radical (unpaired) electrons. The summed E-state index contributed by atoms with van der Waals surface area (Å²) in [4.78, 5) is 31.1. The first-order valence-electron chi connectivity index (χ1n) is 9.92. The zero-order valence-electron chi connectivity index (χ0n) is 16.6. The number of aromatic nitrogens is 2. The van der Waals surface area contributed by atoms with E-state index < -0.39 is 17.1 Å². The third-order valence-electron chi connectivity index (χ3n) is 5.49. The van der Waals surface area contributed by atoms with Gasteiger partial charge in [-0.3, -0.25) is 24.3 Å². The molecule has 31 heavy (non-hydrogen) atoms. The number of hydrogen-bond donors (Lipinski definition) is 1. The molecule has 2 aliphatic heterocycles. The zero-order valence-corrected chi connectivity index (χ0v) is 16.6. The number of benzene rings is 1. The molecule has 2 aliphatic rings. The van der Waals surface area contributed by atoms with Gasteiger partial charge in [0, 0.05) is 30.6 Å². The van der Waals surface area contributed by atoms with Gasteiger partial charge in [0.2, 0.25) is 5.43 Å². The topological polar surface area (TPSA) is 87.9 Å². The number of fused-ring (bicyclic) bond motifs is 5. The van der Waals surface area contributed by atoms with Crippen molar-refractivity contribution in [2.45, 2.75) is 6.04 Å². The maximum atomic E-state index is 13.1. The predicted octanol–water partition coefficient (Wildman–Crippen LogP) is 2.04. The van der Waals surface area contributed by atoms with E-state index in [0.717, 1.165) is 11.1 Å². The van der Waals surface area contributed by atoms with Crippen molar-refractivity contribution < 1.29 is 14.6 Å². The number of ether oxygens (including phenoxy) is 1. The molecule has 0 saturated heterocycles. The highest BCUT2D eigenvalue weighted by atomic mass is 16.5. The summed E-state index contributed by atoms with van der Waals surface area (Å²) in [5.41, 5.74) is 1.17. The molecule has 1 atom stereocenters. The molecule has 156 valence electrons. The Morgan fingerprint density at radius 3 is 2.74 bits per heavy atom. The summed E-state index contributed by atoms with van der Waals surface area (Å²) in [5, 5.41) is 12.4. The zero-order chi connectivity index (χ0) is 21.4. The van der Waals surface area contributed by atoms with E-state index in [1.54, 1.807) is 22.0 Å². The van der Waals surface area contributed by atoms with Crippen LogP contribution in [0.3, 0.4) is 0 Å². The van der Waals surface area contributed by atoms with Gasteiger partial charge in [-0.05, 0) is 17.7 Å². The minimum Gasteiger partial charge on any atom is -0.502 e. The highest BCUT2D eigenvalue weighted by molar-refractivity contribution is 5.96. The van der Waals surface area contributed by atoms with Gasteiger partial charge in [0.05, 0.1) is 6.20 Å². The molecule has 8 heteroatoms. The monoisotopic (exact) mass is 416 g/mol. The van der Waals surface area contributed by atoms with Crippen LogP contribution >= 0.6 is 0 Å². The van der Waals surface area contributed by atoms with Gasteiger partial charge in [-0.25, -0.2) is 0 Å². The van der Waals surface area contributed by atoms with E-state index in [4.69, 9.17) is 4.74 Å². The second kappa shape index (κ2) is 7.64. The number of rotatable bonds is 1. The van der Waals surface area contributed by atoms with Gasteiger partial charge in [0.25, 0.3) is 5.91 Å². The number of nitrogens with zero attached hydrogens (tertiary/aromatic N) is 4. The maximum Gasteiger partial charge on any atom is 0.278 e. The first-order chi connectivity index (χ1) is 15.1. The van der Waals surface area contributed by atoms with Crippen molar-refractivity contribution in [1.82, 2.24) is 14.6 Å². The van der Waals surface area contributed by atoms with Gasteiger partial charge >= 0.3 is 0 Å². The van der Waals surface area contributed by atoms with Crippen molar-refractivity contribution in [3.05, 3.63) is 100 Å². The Balaban J connectivity index is 1.80. The van der Waals surface area contributed by atoms with Crippen LogP contribution in [0.15, 0.2) is 78.0 Å². The van der Waals surface area contributed by atoms with Crippen LogP contribution in [-0.2, 0) is 0 Å². The average Bonchev–Trinajstić information content (AvgIpc) is 2.82. The summed E-state index contributed by atoms with van der Waals surface area (Å²) in [7, 11) is 0. The fourth-order valence-electron chi connectivity index (χ4n) is 4.03. The predicted molar refractivity (Wildman–Crippen MR) is 114 cm³/mol. The van der Waals surface area contributed by atoms with Crippen molar-refractivity contribution in [2.75, 3.05) is 24.8 Å². The lowest BCUT2D eigenvalue weighted by Crippen LogP contribution is -2.55. The maximum absolute atomic E-state index is 13.1. The molecular formula is C23H20N4O4. The number of amides is 1. The molecule has 0 fully saturated rings. The van der Waals surface area contributed by atoms with E-state index in [1.807, 2.05) is 53.6 Å². The third-order valence-corrected chi connectivity index (χ3v) is 5.49. The molecule has 4 heterocycles. The second-order valence-corrected chi connectivity index (χ2v) is 7.34.